The molecule has 162 valence electrons. The first-order chi connectivity index (χ1) is 14.7. The summed E-state index contributed by atoms with van der Waals surface area (Å²) in [6.07, 6.45) is 1.32. The van der Waals surface area contributed by atoms with Crippen LogP contribution in [0.1, 0.15) is 31.9 Å². The van der Waals surface area contributed by atoms with Gasteiger partial charge in [-0.2, -0.15) is 0 Å². The van der Waals surface area contributed by atoms with E-state index in [2.05, 4.69) is 0 Å². The fraction of sp³-hybridized carbons (Fsp3) is 0.250. The van der Waals surface area contributed by atoms with E-state index in [0.717, 1.165) is 0 Å². The van der Waals surface area contributed by atoms with E-state index >= 15 is 0 Å². The highest BCUT2D eigenvalue weighted by Crippen LogP contribution is 2.37. The van der Waals surface area contributed by atoms with Crippen LogP contribution in [-0.2, 0) is 4.79 Å². The molecule has 1 aromatic heterocycles. The van der Waals surface area contributed by atoms with Gasteiger partial charge in [0.25, 0.3) is 5.56 Å². The zero-order chi connectivity index (χ0) is 22.7. The number of fused-ring (bicyclic) bond motifs is 1. The van der Waals surface area contributed by atoms with Crippen LogP contribution >= 0.6 is 0 Å². The molecule has 0 saturated carbocycles. The maximum atomic E-state index is 13.9. The van der Waals surface area contributed by atoms with Gasteiger partial charge in [-0.3, -0.25) is 9.59 Å². The fourth-order valence-electron chi connectivity index (χ4n) is 3.64. The van der Waals surface area contributed by atoms with Crippen molar-refractivity contribution in [2.45, 2.75) is 32.4 Å². The van der Waals surface area contributed by atoms with E-state index in [1.807, 2.05) is 13.8 Å². The number of pyridine rings is 1. The summed E-state index contributed by atoms with van der Waals surface area (Å²) >= 11 is 0. The van der Waals surface area contributed by atoms with Gasteiger partial charge < -0.3 is 19.5 Å². The topological polar surface area (TPSA) is 88.8 Å². The molecule has 1 unspecified atom stereocenters. The van der Waals surface area contributed by atoms with E-state index in [4.69, 9.17) is 9.84 Å². The maximum Gasteiger partial charge on any atom is 0.306 e. The molecule has 6 nitrogen and oxygen atoms in total. The molecule has 0 aliphatic rings. The number of rotatable bonds is 7. The quantitative estimate of drug-likeness (QED) is 0.591. The lowest BCUT2D eigenvalue weighted by Gasteiger charge is -2.22. The van der Waals surface area contributed by atoms with Gasteiger partial charge in [-0.1, -0.05) is 30.4 Å². The highest BCUT2D eigenvalue weighted by atomic mass is 19.1. The van der Waals surface area contributed by atoms with Crippen LogP contribution in [0, 0.1) is 5.82 Å². The second-order valence-electron chi connectivity index (χ2n) is 7.45. The molecule has 0 radical (unpaired) electrons. The first-order valence-electron chi connectivity index (χ1n) is 9.83. The normalized spacial score (nSPS) is 12.6. The number of methoxy groups -OCH3 is 1. The summed E-state index contributed by atoms with van der Waals surface area (Å²) in [6, 6.07) is 10.9. The molecule has 3 rings (SSSR count). The van der Waals surface area contributed by atoms with E-state index in [-0.39, 0.29) is 17.4 Å². The third-order valence-corrected chi connectivity index (χ3v) is 4.97. The van der Waals surface area contributed by atoms with Crippen molar-refractivity contribution >= 4 is 22.8 Å². The number of carboxylic acid groups (broad SMARTS) is 1. The summed E-state index contributed by atoms with van der Waals surface area (Å²) in [6.45, 7) is 3.73. The fourth-order valence-corrected chi connectivity index (χ4v) is 3.64. The van der Waals surface area contributed by atoms with Crippen molar-refractivity contribution in [3.8, 4) is 17.0 Å². The number of carbonyl (C=O) groups is 1. The molecule has 31 heavy (non-hydrogen) atoms. The Morgan fingerprint density at radius 1 is 1.19 bits per heavy atom. The lowest BCUT2D eigenvalue weighted by Crippen LogP contribution is -2.25. The van der Waals surface area contributed by atoms with Gasteiger partial charge in [0, 0.05) is 28.6 Å². The third kappa shape index (κ3) is 4.51. The lowest BCUT2D eigenvalue weighted by atomic mass is 9.96. The van der Waals surface area contributed by atoms with E-state index < -0.39 is 24.3 Å². The van der Waals surface area contributed by atoms with Gasteiger partial charge in [0.15, 0.2) is 0 Å². The van der Waals surface area contributed by atoms with E-state index in [9.17, 15) is 19.1 Å². The summed E-state index contributed by atoms with van der Waals surface area (Å²) in [5.74, 6) is -1.35. The molecule has 0 aliphatic carbocycles. The van der Waals surface area contributed by atoms with Gasteiger partial charge in [0.2, 0.25) is 0 Å². The smallest absolute Gasteiger partial charge is 0.306 e. The maximum absolute atomic E-state index is 13.9. The Morgan fingerprint density at radius 2 is 1.87 bits per heavy atom. The molecule has 1 atom stereocenters. The summed E-state index contributed by atoms with van der Waals surface area (Å²) < 4.78 is 20.9. The summed E-state index contributed by atoms with van der Waals surface area (Å²) in [5.41, 5.74) is 1.38. The van der Waals surface area contributed by atoms with Crippen molar-refractivity contribution in [2.24, 2.45) is 0 Å². The second kappa shape index (κ2) is 9.14. The van der Waals surface area contributed by atoms with E-state index in [1.54, 1.807) is 41.0 Å². The van der Waals surface area contributed by atoms with Crippen LogP contribution in [0.2, 0.25) is 0 Å². The predicted octanol–water partition coefficient (Wildman–Crippen LogP) is 4.25. The molecule has 7 heteroatoms. The first kappa shape index (κ1) is 22.2. The average Bonchev–Trinajstić information content (AvgIpc) is 2.72. The third-order valence-electron chi connectivity index (χ3n) is 4.97. The van der Waals surface area contributed by atoms with Gasteiger partial charge >= 0.3 is 5.97 Å². The Bertz CT molecular complexity index is 1210. The Hall–Kier alpha value is -3.45. The standard InChI is InChI=1S/C24H24FNO5/c1-14(2)26-23(20-10-8-15(25)12-21(20)31-3)18(11-9-16(27)13-22(28)29)17-6-4-5-7-19(17)24(26)30/h4-12,14,16,27H,13H2,1-3H3,(H,28,29). The summed E-state index contributed by atoms with van der Waals surface area (Å²) in [7, 11) is 1.42. The van der Waals surface area contributed by atoms with Crippen molar-refractivity contribution in [3.05, 3.63) is 70.3 Å². The molecule has 0 fully saturated rings. The first-order valence-corrected chi connectivity index (χ1v) is 9.83. The molecule has 1 heterocycles. The Labute approximate surface area is 178 Å². The number of hydrogen-bond acceptors (Lipinski definition) is 4. The van der Waals surface area contributed by atoms with E-state index in [0.29, 0.717) is 27.6 Å². The molecule has 0 saturated heterocycles. The van der Waals surface area contributed by atoms with Crippen LogP contribution < -0.4 is 10.3 Å². The van der Waals surface area contributed by atoms with Gasteiger partial charge in [0.05, 0.1) is 25.3 Å². The minimum absolute atomic E-state index is 0.213. The molecular weight excluding hydrogens is 401 g/mol. The van der Waals surface area contributed by atoms with Crippen LogP contribution in [0.5, 0.6) is 5.75 Å². The molecule has 2 aromatic carbocycles. The van der Waals surface area contributed by atoms with E-state index in [1.165, 1.54) is 25.3 Å². The zero-order valence-corrected chi connectivity index (χ0v) is 17.5. The van der Waals surface area contributed by atoms with Crippen LogP contribution in [0.25, 0.3) is 28.1 Å². The molecule has 0 aliphatic heterocycles. The lowest BCUT2D eigenvalue weighted by molar-refractivity contribution is -0.138. The Morgan fingerprint density at radius 3 is 2.48 bits per heavy atom. The number of aliphatic hydroxyl groups excluding tert-OH is 1. The second-order valence-corrected chi connectivity index (χ2v) is 7.45. The number of hydrogen-bond donors (Lipinski definition) is 2. The van der Waals surface area contributed by atoms with Gasteiger partial charge in [0.1, 0.15) is 11.6 Å². The van der Waals surface area contributed by atoms with Crippen molar-refractivity contribution in [1.29, 1.82) is 0 Å². The number of aliphatic hydroxyl groups is 1. The molecule has 3 aromatic rings. The molecular formula is C24H24FNO5. The zero-order valence-electron chi connectivity index (χ0n) is 17.5. The number of halogens is 1. The SMILES string of the molecule is COc1cc(F)ccc1-c1c(C=CC(O)CC(=O)O)c2ccccc2c(=O)n1C(C)C. The number of aromatic nitrogens is 1. The van der Waals surface area contributed by atoms with Crippen molar-refractivity contribution in [3.63, 3.8) is 0 Å². The van der Waals surface area contributed by atoms with Crippen LogP contribution in [0.3, 0.4) is 0 Å². The number of nitrogens with zero attached hydrogens (tertiary/aromatic N) is 1. The van der Waals surface area contributed by atoms with Gasteiger partial charge in [-0.05, 0) is 37.4 Å². The van der Waals surface area contributed by atoms with Crippen molar-refractivity contribution < 1.29 is 24.1 Å². The number of ether oxygens (including phenoxy) is 1. The van der Waals surface area contributed by atoms with Crippen LogP contribution in [-0.4, -0.2) is 34.0 Å². The highest BCUT2D eigenvalue weighted by molar-refractivity contribution is 5.96. The van der Waals surface area contributed by atoms with Crippen molar-refractivity contribution in [2.75, 3.05) is 7.11 Å². The molecule has 2 N–H and O–H groups in total. The number of carboxylic acids is 1. The van der Waals surface area contributed by atoms with Crippen LogP contribution in [0.15, 0.2) is 53.3 Å². The minimum Gasteiger partial charge on any atom is -0.496 e. The predicted molar refractivity (Wildman–Crippen MR) is 118 cm³/mol. The number of benzene rings is 2. The summed E-state index contributed by atoms with van der Waals surface area (Å²) in [5, 5.41) is 20.1. The Kier molecular flexibility index (Phi) is 6.56. The highest BCUT2D eigenvalue weighted by Gasteiger charge is 2.21. The van der Waals surface area contributed by atoms with Gasteiger partial charge in [-0.25, -0.2) is 4.39 Å². The van der Waals surface area contributed by atoms with Crippen molar-refractivity contribution in [1.82, 2.24) is 4.57 Å². The average molecular weight is 425 g/mol. The summed E-state index contributed by atoms with van der Waals surface area (Å²) in [4.78, 5) is 24.3. The number of aliphatic carboxylic acids is 1. The largest absolute Gasteiger partial charge is 0.496 e. The molecule has 0 bridgehead atoms. The minimum atomic E-state index is -1.21. The molecule has 0 spiro atoms. The monoisotopic (exact) mass is 425 g/mol. The van der Waals surface area contributed by atoms with Gasteiger partial charge in [-0.15, -0.1) is 0 Å². The van der Waals surface area contributed by atoms with Crippen LogP contribution in [0.4, 0.5) is 4.39 Å². The molecule has 0 amide bonds. The Balaban J connectivity index is 2.43.